The van der Waals surface area contributed by atoms with E-state index in [1.54, 1.807) is 0 Å². The number of nitrogens with zero attached hydrogens (tertiary/aromatic N) is 3. The highest BCUT2D eigenvalue weighted by molar-refractivity contribution is 5.66. The molecule has 2 heterocycles. The molecule has 5 heteroatoms. The first kappa shape index (κ1) is 13.2. The van der Waals surface area contributed by atoms with Gasteiger partial charge in [-0.15, -0.1) is 0 Å². The van der Waals surface area contributed by atoms with Crippen LogP contribution in [0.15, 0.2) is 0 Å². The van der Waals surface area contributed by atoms with Gasteiger partial charge in [-0.1, -0.05) is 20.3 Å². The maximum atomic E-state index is 6.24. The summed E-state index contributed by atoms with van der Waals surface area (Å²) in [6.07, 6.45) is 3.36. The number of morpholine rings is 1. The van der Waals surface area contributed by atoms with Crippen molar-refractivity contribution < 1.29 is 4.74 Å². The molecule has 102 valence electrons. The van der Waals surface area contributed by atoms with Crippen molar-refractivity contribution in [2.75, 3.05) is 30.3 Å². The Labute approximate surface area is 109 Å². The number of anilines is 2. The fourth-order valence-corrected chi connectivity index (χ4v) is 2.54. The summed E-state index contributed by atoms with van der Waals surface area (Å²) in [5, 5.41) is 4.54. The van der Waals surface area contributed by atoms with Crippen LogP contribution < -0.4 is 10.6 Å². The lowest BCUT2D eigenvalue weighted by Crippen LogP contribution is -2.43. The van der Waals surface area contributed by atoms with Crippen LogP contribution in [-0.2, 0) is 18.2 Å². The van der Waals surface area contributed by atoms with Crippen molar-refractivity contribution in [3.8, 4) is 0 Å². The monoisotopic (exact) mass is 252 g/mol. The summed E-state index contributed by atoms with van der Waals surface area (Å²) in [5.41, 5.74) is 8.11. The second-order valence-corrected chi connectivity index (χ2v) is 4.90. The lowest BCUT2D eigenvalue weighted by atomic mass is 10.2. The zero-order valence-electron chi connectivity index (χ0n) is 11.6. The molecule has 1 aromatic heterocycles. The molecule has 0 amide bonds. The molecule has 0 radical (unpaired) electrons. The van der Waals surface area contributed by atoms with E-state index in [9.17, 15) is 0 Å². The van der Waals surface area contributed by atoms with Gasteiger partial charge in [-0.25, -0.2) is 0 Å². The fourth-order valence-electron chi connectivity index (χ4n) is 2.54. The Kier molecular flexibility index (Phi) is 4.11. The maximum absolute atomic E-state index is 6.24. The molecule has 1 saturated heterocycles. The molecule has 0 aliphatic carbocycles. The molecule has 1 aliphatic heterocycles. The molecule has 0 spiro atoms. The zero-order valence-corrected chi connectivity index (χ0v) is 11.6. The largest absolute Gasteiger partial charge is 0.394 e. The van der Waals surface area contributed by atoms with Gasteiger partial charge >= 0.3 is 0 Å². The minimum absolute atomic E-state index is 0.308. The highest BCUT2D eigenvalue weighted by Crippen LogP contribution is 2.28. The van der Waals surface area contributed by atoms with Gasteiger partial charge in [-0.3, -0.25) is 4.68 Å². The molecule has 18 heavy (non-hydrogen) atoms. The predicted octanol–water partition coefficient (Wildman–Crippen LogP) is 1.57. The van der Waals surface area contributed by atoms with Crippen LogP contribution >= 0.6 is 0 Å². The second-order valence-electron chi connectivity index (χ2n) is 4.90. The van der Waals surface area contributed by atoms with Crippen LogP contribution in [0.5, 0.6) is 0 Å². The van der Waals surface area contributed by atoms with E-state index in [1.807, 2.05) is 11.7 Å². The molecule has 2 N–H and O–H groups in total. The summed E-state index contributed by atoms with van der Waals surface area (Å²) in [6, 6.07) is 0. The van der Waals surface area contributed by atoms with Crippen molar-refractivity contribution in [3.05, 3.63) is 5.69 Å². The van der Waals surface area contributed by atoms with Crippen LogP contribution in [0, 0.1) is 0 Å². The Bertz CT molecular complexity index is 402. The van der Waals surface area contributed by atoms with Crippen molar-refractivity contribution >= 4 is 11.5 Å². The van der Waals surface area contributed by atoms with E-state index in [1.165, 1.54) is 0 Å². The van der Waals surface area contributed by atoms with Gasteiger partial charge in [0, 0.05) is 20.1 Å². The first-order valence-electron chi connectivity index (χ1n) is 6.85. The van der Waals surface area contributed by atoms with Gasteiger partial charge in [0.25, 0.3) is 0 Å². The van der Waals surface area contributed by atoms with E-state index < -0.39 is 0 Å². The number of aromatic nitrogens is 2. The first-order chi connectivity index (χ1) is 8.67. The van der Waals surface area contributed by atoms with Crippen molar-refractivity contribution in [2.24, 2.45) is 7.05 Å². The van der Waals surface area contributed by atoms with Gasteiger partial charge in [-0.05, 0) is 12.8 Å². The van der Waals surface area contributed by atoms with Crippen LogP contribution in [0.1, 0.15) is 32.4 Å². The molecule has 1 aromatic rings. The Morgan fingerprint density at radius 2 is 2.22 bits per heavy atom. The molecule has 0 bridgehead atoms. The number of hydrogen-bond donors (Lipinski definition) is 1. The van der Waals surface area contributed by atoms with Gasteiger partial charge in [0.15, 0.2) is 5.82 Å². The third-order valence-electron chi connectivity index (χ3n) is 3.51. The standard InChI is InChI=1S/C13H24N4O/c1-4-6-11-12(14)13(16(3)15-11)17-7-8-18-10(5-2)9-17/h10H,4-9,14H2,1-3H3. The Morgan fingerprint density at radius 1 is 1.44 bits per heavy atom. The molecule has 2 rings (SSSR count). The maximum Gasteiger partial charge on any atom is 0.150 e. The highest BCUT2D eigenvalue weighted by Gasteiger charge is 2.24. The number of nitrogen functional groups attached to an aromatic ring is 1. The molecule has 1 unspecified atom stereocenters. The normalized spacial score (nSPS) is 20.4. The molecule has 0 saturated carbocycles. The number of aryl methyl sites for hydroxylation is 2. The topological polar surface area (TPSA) is 56.3 Å². The van der Waals surface area contributed by atoms with E-state index in [4.69, 9.17) is 10.5 Å². The van der Waals surface area contributed by atoms with E-state index in [0.29, 0.717) is 6.10 Å². The first-order valence-corrected chi connectivity index (χ1v) is 6.85. The van der Waals surface area contributed by atoms with Gasteiger partial charge in [0.2, 0.25) is 0 Å². The smallest absolute Gasteiger partial charge is 0.150 e. The minimum Gasteiger partial charge on any atom is -0.394 e. The molecular weight excluding hydrogens is 228 g/mol. The molecule has 5 nitrogen and oxygen atoms in total. The van der Waals surface area contributed by atoms with Crippen LogP contribution in [0.2, 0.25) is 0 Å². The third kappa shape index (κ3) is 2.46. The summed E-state index contributed by atoms with van der Waals surface area (Å²) >= 11 is 0. The van der Waals surface area contributed by atoms with E-state index in [0.717, 1.165) is 56.2 Å². The summed E-state index contributed by atoms with van der Waals surface area (Å²) < 4.78 is 7.62. The number of hydrogen-bond acceptors (Lipinski definition) is 4. The third-order valence-corrected chi connectivity index (χ3v) is 3.51. The van der Waals surface area contributed by atoms with Crippen molar-refractivity contribution in [1.82, 2.24) is 9.78 Å². The fraction of sp³-hybridized carbons (Fsp3) is 0.769. The number of ether oxygens (including phenoxy) is 1. The van der Waals surface area contributed by atoms with Gasteiger partial charge in [0.1, 0.15) is 0 Å². The van der Waals surface area contributed by atoms with Crippen LogP contribution in [0.3, 0.4) is 0 Å². The van der Waals surface area contributed by atoms with Crippen molar-refractivity contribution in [2.45, 2.75) is 39.2 Å². The number of nitrogens with two attached hydrogens (primary N) is 1. The van der Waals surface area contributed by atoms with E-state index >= 15 is 0 Å². The van der Waals surface area contributed by atoms with Crippen LogP contribution in [0.4, 0.5) is 11.5 Å². The Balaban J connectivity index is 2.21. The summed E-state index contributed by atoms with van der Waals surface area (Å²) in [5.74, 6) is 1.06. The second kappa shape index (κ2) is 5.61. The predicted molar refractivity (Wildman–Crippen MR) is 73.9 cm³/mol. The van der Waals surface area contributed by atoms with Crippen molar-refractivity contribution in [1.29, 1.82) is 0 Å². The highest BCUT2D eigenvalue weighted by atomic mass is 16.5. The average molecular weight is 252 g/mol. The Morgan fingerprint density at radius 3 is 2.89 bits per heavy atom. The number of rotatable bonds is 4. The zero-order chi connectivity index (χ0) is 13.1. The van der Waals surface area contributed by atoms with Gasteiger partial charge < -0.3 is 15.4 Å². The Hall–Kier alpha value is -1.23. The lowest BCUT2D eigenvalue weighted by Gasteiger charge is -2.34. The van der Waals surface area contributed by atoms with Gasteiger partial charge in [0.05, 0.1) is 24.1 Å². The quantitative estimate of drug-likeness (QED) is 0.883. The molecular formula is C13H24N4O. The molecule has 1 fully saturated rings. The minimum atomic E-state index is 0.308. The van der Waals surface area contributed by atoms with Gasteiger partial charge in [-0.2, -0.15) is 5.10 Å². The average Bonchev–Trinajstić information content (AvgIpc) is 2.65. The molecule has 1 aliphatic rings. The SMILES string of the molecule is CCCc1nn(C)c(N2CCOC(CC)C2)c1N. The molecule has 1 atom stereocenters. The molecule has 0 aromatic carbocycles. The van der Waals surface area contributed by atoms with Crippen LogP contribution in [-0.4, -0.2) is 35.6 Å². The lowest BCUT2D eigenvalue weighted by molar-refractivity contribution is 0.0380. The van der Waals surface area contributed by atoms with Crippen molar-refractivity contribution in [3.63, 3.8) is 0 Å². The summed E-state index contributed by atoms with van der Waals surface area (Å²) in [4.78, 5) is 2.30. The summed E-state index contributed by atoms with van der Waals surface area (Å²) in [7, 11) is 1.97. The van der Waals surface area contributed by atoms with Crippen LogP contribution in [0.25, 0.3) is 0 Å². The van der Waals surface area contributed by atoms with E-state index in [2.05, 4.69) is 23.8 Å². The van der Waals surface area contributed by atoms with E-state index in [-0.39, 0.29) is 0 Å². The summed E-state index contributed by atoms with van der Waals surface area (Å²) in [6.45, 7) is 6.88.